The van der Waals surface area contributed by atoms with Crippen molar-refractivity contribution in [2.24, 2.45) is 21.8 Å². The highest BCUT2D eigenvalue weighted by Crippen LogP contribution is 2.45. The molecule has 0 saturated heterocycles. The van der Waals surface area contributed by atoms with E-state index < -0.39 is 23.9 Å². The number of hydrogen-bond donors (Lipinski definition) is 3. The van der Waals surface area contributed by atoms with Crippen molar-refractivity contribution in [1.82, 2.24) is 25.3 Å². The molecule has 5 heterocycles. The van der Waals surface area contributed by atoms with Crippen LogP contribution in [0.5, 0.6) is 23.0 Å². The number of anilines is 1. The van der Waals surface area contributed by atoms with Crippen molar-refractivity contribution < 1.29 is 52.5 Å². The van der Waals surface area contributed by atoms with Crippen LogP contribution in [0.25, 0.3) is 5.57 Å². The normalized spacial score (nSPS) is 19.1. The minimum absolute atomic E-state index is 0.0918. The first kappa shape index (κ1) is 53.2. The van der Waals surface area contributed by atoms with Gasteiger partial charge in [0.05, 0.1) is 66.5 Å². The molecule has 0 aromatic heterocycles. The van der Waals surface area contributed by atoms with Gasteiger partial charge < -0.3 is 44.7 Å². The molecule has 3 aromatic carbocycles. The van der Waals surface area contributed by atoms with E-state index >= 15 is 0 Å². The quantitative estimate of drug-likeness (QED) is 0.0658. The maximum absolute atomic E-state index is 14.1. The van der Waals surface area contributed by atoms with E-state index in [9.17, 15) is 33.6 Å². The molecular weight excluding hydrogens is 1040 g/mol. The number of ether oxygens (including phenoxy) is 4. The van der Waals surface area contributed by atoms with Gasteiger partial charge in [0.15, 0.2) is 23.0 Å². The predicted molar refractivity (Wildman–Crippen MR) is 287 cm³/mol. The van der Waals surface area contributed by atoms with Crippen molar-refractivity contribution in [3.63, 3.8) is 0 Å². The van der Waals surface area contributed by atoms with Crippen LogP contribution < -0.4 is 34.9 Å². The first-order valence-electron chi connectivity index (χ1n) is 25.7. The number of halogens is 1. The lowest BCUT2D eigenvalue weighted by molar-refractivity contribution is -0.137. The molecule has 1 unspecified atom stereocenters. The lowest BCUT2D eigenvalue weighted by Gasteiger charge is -2.24. The standard InChI is InChI=1S/C56H61BrN8O11/c1-31(2)51(62-49(66)10-7-6-8-17-63-50(67)24-42(57)56(63)72)53(69)60-32(3)52(68)61-37-15-13-34(14-16-37)36-21-39-28-59-44-26-48(46(74-5)23-41(44)55(71)65(39)30-36)76-19-9-18-75-47-25-43-40(22-45(47)73-4)54(70)64-29-35(33-11-12-33)20-38(64)27-58-43/h13-16,22-33,38-39,51H,6-12,17-21H2,1-5H3,(H,60,69)(H,61,68)(H,62,66)/t32-,38-,39?,51-/m1/s1. The van der Waals surface area contributed by atoms with E-state index in [1.165, 1.54) is 38.7 Å². The number of methoxy groups -OCH3 is 2. The van der Waals surface area contributed by atoms with E-state index in [-0.39, 0.29) is 78.2 Å². The largest absolute Gasteiger partial charge is 0.493 e. The first-order valence-corrected chi connectivity index (χ1v) is 26.5. The molecule has 3 N–H and O–H groups in total. The molecular formula is C56H61BrN8O11. The topological polar surface area (TPSA) is 227 Å². The van der Waals surface area contributed by atoms with Gasteiger partial charge in [-0.2, -0.15) is 0 Å². The van der Waals surface area contributed by atoms with Crippen molar-refractivity contribution in [1.29, 1.82) is 0 Å². The second kappa shape index (κ2) is 23.1. The third-order valence-corrected chi connectivity index (χ3v) is 14.7. The van der Waals surface area contributed by atoms with Crippen LogP contribution in [0.1, 0.15) is 105 Å². The molecule has 1 fully saturated rings. The van der Waals surface area contributed by atoms with Gasteiger partial charge in [0, 0.05) is 74.5 Å². The number of imide groups is 1. The lowest BCUT2D eigenvalue weighted by Crippen LogP contribution is -2.53. The van der Waals surface area contributed by atoms with Crippen LogP contribution in [0, 0.1) is 11.8 Å². The summed E-state index contributed by atoms with van der Waals surface area (Å²) in [5.74, 6) is -0.329. The van der Waals surface area contributed by atoms with E-state index in [1.54, 1.807) is 73.2 Å². The van der Waals surface area contributed by atoms with Gasteiger partial charge in [0.25, 0.3) is 23.6 Å². The fourth-order valence-corrected chi connectivity index (χ4v) is 10.1. The van der Waals surface area contributed by atoms with Gasteiger partial charge >= 0.3 is 0 Å². The molecule has 1 saturated carbocycles. The fourth-order valence-electron chi connectivity index (χ4n) is 9.71. The van der Waals surface area contributed by atoms with Gasteiger partial charge in [-0.05, 0) is 108 Å². The molecule has 19 nitrogen and oxygen atoms in total. The smallest absolute Gasteiger partial charge is 0.267 e. The number of nitrogens with zero attached hydrogens (tertiary/aromatic N) is 5. The van der Waals surface area contributed by atoms with Gasteiger partial charge in [-0.3, -0.25) is 48.4 Å². The van der Waals surface area contributed by atoms with E-state index in [1.807, 2.05) is 30.7 Å². The Balaban J connectivity index is 0.734. The Hall–Kier alpha value is -7.61. The zero-order chi connectivity index (χ0) is 53.8. The summed E-state index contributed by atoms with van der Waals surface area (Å²) in [7, 11) is 3.05. The molecule has 0 radical (unpaired) electrons. The Bertz CT molecular complexity index is 3000. The van der Waals surface area contributed by atoms with Crippen LogP contribution in [0.2, 0.25) is 0 Å². The second-order valence-corrected chi connectivity index (χ2v) is 20.8. The first-order chi connectivity index (χ1) is 36.6. The second-order valence-electron chi connectivity index (χ2n) is 19.9. The molecule has 5 aliphatic heterocycles. The highest BCUT2D eigenvalue weighted by Gasteiger charge is 2.39. The number of aliphatic imine (C=N–C) groups is 2. The van der Waals surface area contributed by atoms with Crippen LogP contribution in [-0.4, -0.2) is 127 Å². The lowest BCUT2D eigenvalue weighted by atomic mass is 10.0. The predicted octanol–water partition coefficient (Wildman–Crippen LogP) is 7.54. The number of hydrogen-bond acceptors (Lipinski definition) is 13. The average molecular weight is 1100 g/mol. The fraction of sp³-hybridized carbons (Fsp3) is 0.411. The Morgan fingerprint density at radius 1 is 0.711 bits per heavy atom. The molecule has 4 atom stereocenters. The zero-order valence-electron chi connectivity index (χ0n) is 43.1. The summed E-state index contributed by atoms with van der Waals surface area (Å²) in [5, 5.41) is 8.34. The van der Waals surface area contributed by atoms with Crippen LogP contribution >= 0.6 is 15.9 Å². The summed E-state index contributed by atoms with van der Waals surface area (Å²) < 4.78 is 23.8. The third-order valence-electron chi connectivity index (χ3n) is 14.2. The number of amides is 7. The number of fused-ring (bicyclic) bond motifs is 4. The van der Waals surface area contributed by atoms with E-state index in [2.05, 4.69) is 36.9 Å². The van der Waals surface area contributed by atoms with Crippen molar-refractivity contribution in [2.45, 2.75) is 103 Å². The van der Waals surface area contributed by atoms with E-state index in [0.717, 1.165) is 22.5 Å². The van der Waals surface area contributed by atoms with E-state index in [0.29, 0.717) is 89.2 Å². The molecule has 3 aromatic rings. The van der Waals surface area contributed by atoms with Crippen molar-refractivity contribution in [3.8, 4) is 23.0 Å². The summed E-state index contributed by atoms with van der Waals surface area (Å²) >= 11 is 3.08. The number of carbonyl (C=O) groups is 7. The van der Waals surface area contributed by atoms with Gasteiger partial charge in [-0.15, -0.1) is 0 Å². The maximum Gasteiger partial charge on any atom is 0.267 e. The minimum Gasteiger partial charge on any atom is -0.493 e. The molecule has 9 rings (SSSR count). The molecule has 6 aliphatic rings. The third kappa shape index (κ3) is 11.8. The molecule has 20 heteroatoms. The minimum atomic E-state index is -0.924. The molecule has 7 amide bonds. The van der Waals surface area contributed by atoms with Crippen LogP contribution in [0.15, 0.2) is 87.0 Å². The van der Waals surface area contributed by atoms with Crippen molar-refractivity contribution in [3.05, 3.63) is 93.8 Å². The monoisotopic (exact) mass is 1100 g/mol. The number of benzene rings is 3. The van der Waals surface area contributed by atoms with Crippen molar-refractivity contribution in [2.75, 3.05) is 39.3 Å². The summed E-state index contributed by atoms with van der Waals surface area (Å²) in [6.07, 6.45) is 14.6. The number of carbonyl (C=O) groups excluding carboxylic acids is 7. The summed E-state index contributed by atoms with van der Waals surface area (Å²) in [4.78, 5) is 105. The molecule has 1 aliphatic carbocycles. The highest BCUT2D eigenvalue weighted by molar-refractivity contribution is 9.12. The van der Waals surface area contributed by atoms with Crippen LogP contribution in [-0.2, 0) is 24.0 Å². The van der Waals surface area contributed by atoms with Crippen LogP contribution in [0.4, 0.5) is 17.1 Å². The number of unbranched alkanes of at least 4 members (excludes halogenated alkanes) is 2. The molecule has 398 valence electrons. The maximum atomic E-state index is 14.1. The number of nitrogens with one attached hydrogen (secondary N) is 3. The molecule has 76 heavy (non-hydrogen) atoms. The summed E-state index contributed by atoms with van der Waals surface area (Å²) in [6.45, 7) is 5.96. The Labute approximate surface area is 448 Å². The number of rotatable bonds is 22. The van der Waals surface area contributed by atoms with Crippen LogP contribution in [0.3, 0.4) is 0 Å². The van der Waals surface area contributed by atoms with Crippen molar-refractivity contribution >= 4 is 92.3 Å². The van der Waals surface area contributed by atoms with E-state index in [4.69, 9.17) is 23.9 Å². The van der Waals surface area contributed by atoms with Gasteiger partial charge in [0.1, 0.15) is 12.1 Å². The molecule has 0 spiro atoms. The highest BCUT2D eigenvalue weighted by atomic mass is 79.9. The summed E-state index contributed by atoms with van der Waals surface area (Å²) in [6, 6.07) is 11.7. The summed E-state index contributed by atoms with van der Waals surface area (Å²) in [5.41, 5.74) is 5.37. The van der Waals surface area contributed by atoms with Gasteiger partial charge in [-0.25, -0.2) is 0 Å². The molecule has 0 bridgehead atoms. The van der Waals surface area contributed by atoms with Gasteiger partial charge in [0.2, 0.25) is 17.7 Å². The zero-order valence-corrected chi connectivity index (χ0v) is 44.6. The Kier molecular flexibility index (Phi) is 16.2. The average Bonchev–Trinajstić information content (AvgIpc) is 4.05. The van der Waals surface area contributed by atoms with Gasteiger partial charge in [-0.1, -0.05) is 32.4 Å². The Morgan fingerprint density at radius 2 is 1.32 bits per heavy atom. The SMILES string of the molecule is COc1cc2c(cc1OCCCOc1cc3c(cc1OC)C(=O)N1C=C(C4CC4)C[C@@H]1C=N3)N=CC1CC(c3ccc(NC(=O)[C@@H](C)NC(=O)[C@H](NC(=O)CCCCCN4C(=O)C=C(Br)C4=O)C(C)C)cc3)=CN1C2=O. The Morgan fingerprint density at radius 3 is 1.88 bits per heavy atom.